The van der Waals surface area contributed by atoms with E-state index >= 15 is 0 Å². The first kappa shape index (κ1) is 17.8. The third-order valence-corrected chi connectivity index (χ3v) is 4.54. The average Bonchev–Trinajstić information content (AvgIpc) is 3.25. The predicted octanol–water partition coefficient (Wildman–Crippen LogP) is 1.52. The fraction of sp³-hybridized carbons (Fsp3) is 0.250. The first-order chi connectivity index (χ1) is 12.5. The lowest BCUT2D eigenvalue weighted by atomic mass is 10.1. The van der Waals surface area contributed by atoms with Crippen LogP contribution in [0.3, 0.4) is 0 Å². The molecule has 0 saturated heterocycles. The van der Waals surface area contributed by atoms with Crippen LogP contribution in [0.2, 0.25) is 0 Å². The number of halogens is 1. The van der Waals surface area contributed by atoms with Gasteiger partial charge in [-0.25, -0.2) is 9.18 Å². The van der Waals surface area contributed by atoms with Gasteiger partial charge in [-0.15, -0.1) is 11.3 Å². The molecule has 3 aromatic rings. The Labute approximate surface area is 151 Å². The maximum Gasteiger partial charge on any atom is 0.369 e. The van der Waals surface area contributed by atoms with Crippen molar-refractivity contribution in [2.75, 3.05) is 7.11 Å². The molecule has 1 aromatic carbocycles. The molecule has 1 N–H and O–H groups in total. The highest BCUT2D eigenvalue weighted by atomic mass is 32.1. The molecule has 8 nitrogen and oxygen atoms in total. The number of benzene rings is 1. The summed E-state index contributed by atoms with van der Waals surface area (Å²) in [5, 5.41) is 12.6. The van der Waals surface area contributed by atoms with E-state index in [4.69, 9.17) is 4.74 Å². The van der Waals surface area contributed by atoms with E-state index in [2.05, 4.69) is 15.7 Å². The van der Waals surface area contributed by atoms with Gasteiger partial charge in [0.2, 0.25) is 5.91 Å². The monoisotopic (exact) mass is 377 g/mol. The Morgan fingerprint density at radius 3 is 2.85 bits per heavy atom. The van der Waals surface area contributed by atoms with E-state index in [0.29, 0.717) is 10.6 Å². The van der Waals surface area contributed by atoms with Gasteiger partial charge >= 0.3 is 5.69 Å². The maximum atomic E-state index is 13.8. The van der Waals surface area contributed by atoms with Crippen LogP contribution in [0, 0.1) is 5.82 Å². The molecular formula is C16H16FN5O3S. The van der Waals surface area contributed by atoms with Crippen molar-refractivity contribution in [2.24, 2.45) is 0 Å². The number of tetrazole rings is 1. The van der Waals surface area contributed by atoms with Gasteiger partial charge in [0.15, 0.2) is 11.6 Å². The van der Waals surface area contributed by atoms with Crippen LogP contribution in [0.25, 0.3) is 5.00 Å². The van der Waals surface area contributed by atoms with Gasteiger partial charge in [-0.05, 0) is 52.6 Å². The summed E-state index contributed by atoms with van der Waals surface area (Å²) in [7, 11) is 1.38. The molecular weight excluding hydrogens is 361 g/mol. The molecule has 0 aliphatic heterocycles. The van der Waals surface area contributed by atoms with E-state index in [0.717, 1.165) is 9.36 Å². The van der Waals surface area contributed by atoms with E-state index in [9.17, 15) is 14.0 Å². The molecule has 3 rings (SSSR count). The Kier molecular flexibility index (Phi) is 5.12. The van der Waals surface area contributed by atoms with Crippen molar-refractivity contribution in [3.8, 4) is 10.8 Å². The lowest BCUT2D eigenvalue weighted by Gasteiger charge is -2.15. The summed E-state index contributed by atoms with van der Waals surface area (Å²) in [6, 6.07) is 7.50. The van der Waals surface area contributed by atoms with Gasteiger partial charge in [-0.3, -0.25) is 4.79 Å². The van der Waals surface area contributed by atoms with E-state index in [1.165, 1.54) is 30.6 Å². The number of rotatable bonds is 6. The van der Waals surface area contributed by atoms with Crippen molar-refractivity contribution in [2.45, 2.75) is 19.5 Å². The van der Waals surface area contributed by atoms with Crippen LogP contribution in [0.15, 0.2) is 40.5 Å². The first-order valence-corrected chi connectivity index (χ1v) is 8.57. The molecule has 10 heteroatoms. The SMILES string of the molecule is COc1ccc(C(C)NC(=O)Cn2nnn(-c3cccs3)c2=O)cc1F. The van der Waals surface area contributed by atoms with Gasteiger partial charge in [0.05, 0.1) is 13.2 Å². The molecule has 0 fully saturated rings. The van der Waals surface area contributed by atoms with Crippen molar-refractivity contribution in [1.29, 1.82) is 0 Å². The molecule has 136 valence electrons. The molecule has 0 bridgehead atoms. The van der Waals surface area contributed by atoms with Crippen molar-refractivity contribution in [3.63, 3.8) is 0 Å². The number of thiophene rings is 1. The van der Waals surface area contributed by atoms with Crippen LogP contribution in [0.4, 0.5) is 4.39 Å². The number of amides is 1. The largest absolute Gasteiger partial charge is 0.494 e. The summed E-state index contributed by atoms with van der Waals surface area (Å²) < 4.78 is 20.7. The highest BCUT2D eigenvalue weighted by Gasteiger charge is 2.16. The van der Waals surface area contributed by atoms with Gasteiger partial charge in [-0.1, -0.05) is 6.07 Å². The van der Waals surface area contributed by atoms with Gasteiger partial charge in [0.25, 0.3) is 0 Å². The van der Waals surface area contributed by atoms with Crippen molar-refractivity contribution in [1.82, 2.24) is 25.1 Å². The van der Waals surface area contributed by atoms with Crippen LogP contribution >= 0.6 is 11.3 Å². The number of methoxy groups -OCH3 is 1. The van der Waals surface area contributed by atoms with Crippen LogP contribution < -0.4 is 15.7 Å². The summed E-state index contributed by atoms with van der Waals surface area (Å²) in [5.74, 6) is -0.820. The molecule has 1 unspecified atom stereocenters. The number of ether oxygens (including phenoxy) is 1. The number of carbonyl (C=O) groups is 1. The minimum atomic E-state index is -0.513. The van der Waals surface area contributed by atoms with Crippen LogP contribution in [0.5, 0.6) is 5.75 Å². The van der Waals surface area contributed by atoms with Crippen molar-refractivity contribution < 1.29 is 13.9 Å². The Balaban J connectivity index is 1.67. The molecule has 1 atom stereocenters. The van der Waals surface area contributed by atoms with Crippen LogP contribution in [-0.4, -0.2) is 32.8 Å². The summed E-state index contributed by atoms with van der Waals surface area (Å²) in [6.07, 6.45) is 0. The van der Waals surface area contributed by atoms with Gasteiger partial charge in [0, 0.05) is 0 Å². The van der Waals surface area contributed by atoms with Crippen LogP contribution in [0.1, 0.15) is 18.5 Å². The second kappa shape index (κ2) is 7.48. The molecule has 1 amide bonds. The van der Waals surface area contributed by atoms with E-state index in [1.54, 1.807) is 25.1 Å². The number of carbonyl (C=O) groups excluding carboxylic acids is 1. The van der Waals surface area contributed by atoms with Gasteiger partial charge in [0.1, 0.15) is 11.5 Å². The number of aromatic nitrogens is 4. The van der Waals surface area contributed by atoms with Crippen LogP contribution in [-0.2, 0) is 11.3 Å². The first-order valence-electron chi connectivity index (χ1n) is 7.69. The van der Waals surface area contributed by atoms with E-state index < -0.39 is 23.5 Å². The smallest absolute Gasteiger partial charge is 0.369 e. The summed E-state index contributed by atoms with van der Waals surface area (Å²) >= 11 is 1.34. The minimum Gasteiger partial charge on any atom is -0.494 e. The molecule has 26 heavy (non-hydrogen) atoms. The lowest BCUT2D eigenvalue weighted by Crippen LogP contribution is -2.34. The Hall–Kier alpha value is -3.01. The molecule has 2 heterocycles. The van der Waals surface area contributed by atoms with Gasteiger partial charge in [-0.2, -0.15) is 9.36 Å². The van der Waals surface area contributed by atoms with Gasteiger partial charge < -0.3 is 10.1 Å². The Bertz CT molecular complexity index is 967. The third-order valence-electron chi connectivity index (χ3n) is 3.70. The standard InChI is InChI=1S/C16H16FN5O3S/c1-10(11-5-6-13(25-2)12(17)8-11)18-14(23)9-21-16(24)22(20-19-21)15-4-3-7-26-15/h3-8,10H,9H2,1-2H3,(H,18,23). The molecule has 0 aliphatic carbocycles. The van der Waals surface area contributed by atoms with E-state index in [1.807, 2.05) is 5.38 Å². The Morgan fingerprint density at radius 2 is 2.19 bits per heavy atom. The second-order valence-corrected chi connectivity index (χ2v) is 6.39. The molecule has 2 aromatic heterocycles. The zero-order chi connectivity index (χ0) is 18.7. The predicted molar refractivity (Wildman–Crippen MR) is 93.0 cm³/mol. The second-order valence-electron chi connectivity index (χ2n) is 5.47. The lowest BCUT2D eigenvalue weighted by molar-refractivity contribution is -0.122. The topological polar surface area (TPSA) is 91.0 Å². The minimum absolute atomic E-state index is 0.129. The average molecular weight is 377 g/mol. The summed E-state index contributed by atoms with van der Waals surface area (Å²) in [6.45, 7) is 1.43. The maximum absolute atomic E-state index is 13.8. The number of hydrogen-bond acceptors (Lipinski definition) is 6. The zero-order valence-corrected chi connectivity index (χ0v) is 14.9. The normalized spacial score (nSPS) is 12.0. The fourth-order valence-electron chi connectivity index (χ4n) is 2.36. The quantitative estimate of drug-likeness (QED) is 0.703. The highest BCUT2D eigenvalue weighted by molar-refractivity contribution is 7.12. The number of nitrogens with zero attached hydrogens (tertiary/aromatic N) is 4. The summed E-state index contributed by atoms with van der Waals surface area (Å²) in [4.78, 5) is 24.4. The third kappa shape index (κ3) is 3.64. The molecule has 0 aliphatic rings. The Morgan fingerprint density at radius 1 is 1.38 bits per heavy atom. The summed E-state index contributed by atoms with van der Waals surface area (Å²) in [5.41, 5.74) is 0.0666. The molecule has 0 saturated carbocycles. The molecule has 0 spiro atoms. The zero-order valence-electron chi connectivity index (χ0n) is 14.0. The highest BCUT2D eigenvalue weighted by Crippen LogP contribution is 2.21. The van der Waals surface area contributed by atoms with Crippen molar-refractivity contribution >= 4 is 17.2 Å². The number of nitrogens with one attached hydrogen (secondary N) is 1. The van der Waals surface area contributed by atoms with Crippen molar-refractivity contribution in [3.05, 3.63) is 57.6 Å². The van der Waals surface area contributed by atoms with E-state index in [-0.39, 0.29) is 12.3 Å². The number of hydrogen-bond donors (Lipinski definition) is 1. The fourth-order valence-corrected chi connectivity index (χ4v) is 3.03. The molecule has 0 radical (unpaired) electrons.